The van der Waals surface area contributed by atoms with E-state index in [2.05, 4.69) is 24.4 Å². The Balaban J connectivity index is 1.72. The van der Waals surface area contributed by atoms with Gasteiger partial charge in [-0.1, -0.05) is 24.3 Å². The molecule has 0 bridgehead atoms. The minimum Gasteiger partial charge on any atom is -0.375 e. The Labute approximate surface area is 120 Å². The predicted molar refractivity (Wildman–Crippen MR) is 77.4 cm³/mol. The fourth-order valence-corrected chi connectivity index (χ4v) is 3.04. The van der Waals surface area contributed by atoms with Crippen molar-refractivity contribution in [3.8, 4) is 0 Å². The number of hydrogen-bond donors (Lipinski definition) is 1. The van der Waals surface area contributed by atoms with Gasteiger partial charge >= 0.3 is 0 Å². The molecular formula is C16H22N2O2. The highest BCUT2D eigenvalue weighted by molar-refractivity contribution is 5.83. The predicted octanol–water partition coefficient (Wildman–Crippen LogP) is 1.34. The number of amides is 1. The maximum absolute atomic E-state index is 12.7. The average Bonchev–Trinajstić information content (AvgIpc) is 2.48. The molecule has 0 spiro atoms. The van der Waals surface area contributed by atoms with Crippen LogP contribution < -0.4 is 5.32 Å². The van der Waals surface area contributed by atoms with Gasteiger partial charge in [-0.05, 0) is 31.4 Å². The zero-order valence-corrected chi connectivity index (χ0v) is 12.1. The molecule has 0 radical (unpaired) electrons. The molecular weight excluding hydrogens is 252 g/mol. The summed E-state index contributed by atoms with van der Waals surface area (Å²) in [6.07, 6.45) is 0.916. The topological polar surface area (TPSA) is 41.6 Å². The number of carbonyl (C=O) groups excluding carboxylic acids is 1. The molecule has 3 atom stereocenters. The van der Waals surface area contributed by atoms with E-state index in [1.807, 2.05) is 24.0 Å². The molecule has 3 rings (SSSR count). The van der Waals surface area contributed by atoms with Gasteiger partial charge in [-0.2, -0.15) is 0 Å². The fraction of sp³-hybridized carbons (Fsp3) is 0.562. The van der Waals surface area contributed by atoms with Crippen LogP contribution in [0.5, 0.6) is 0 Å². The van der Waals surface area contributed by atoms with Gasteiger partial charge in [-0.3, -0.25) is 4.79 Å². The summed E-state index contributed by atoms with van der Waals surface area (Å²) in [6, 6.07) is 8.42. The molecule has 0 aliphatic carbocycles. The van der Waals surface area contributed by atoms with Crippen LogP contribution in [-0.4, -0.2) is 42.1 Å². The quantitative estimate of drug-likeness (QED) is 0.840. The van der Waals surface area contributed by atoms with Crippen LogP contribution in [0.2, 0.25) is 0 Å². The molecule has 1 saturated heterocycles. The largest absolute Gasteiger partial charge is 0.375 e. The third kappa shape index (κ3) is 2.58. The number of rotatable bonds is 1. The standard InChI is InChI=1S/C16H22N2O2/c1-11-10-20-12(2)9-18(11)16(19)15-7-13-5-3-4-6-14(13)8-17-15/h3-6,11-12,15,17H,7-10H2,1-2H3/t11?,12?,15-/m0/s1. The highest BCUT2D eigenvalue weighted by atomic mass is 16.5. The maximum atomic E-state index is 12.7. The van der Waals surface area contributed by atoms with E-state index in [1.54, 1.807) is 0 Å². The van der Waals surface area contributed by atoms with Crippen LogP contribution in [0.15, 0.2) is 24.3 Å². The summed E-state index contributed by atoms with van der Waals surface area (Å²) in [5, 5.41) is 3.38. The summed E-state index contributed by atoms with van der Waals surface area (Å²) in [4.78, 5) is 14.7. The van der Waals surface area contributed by atoms with Crippen LogP contribution in [-0.2, 0) is 22.5 Å². The van der Waals surface area contributed by atoms with E-state index >= 15 is 0 Å². The summed E-state index contributed by atoms with van der Waals surface area (Å²) in [5.74, 6) is 0.210. The Hall–Kier alpha value is -1.39. The van der Waals surface area contributed by atoms with Crippen LogP contribution in [0.4, 0.5) is 0 Å². The number of carbonyl (C=O) groups is 1. The number of nitrogens with one attached hydrogen (secondary N) is 1. The Kier molecular flexibility index (Phi) is 3.76. The van der Waals surface area contributed by atoms with E-state index in [1.165, 1.54) is 11.1 Å². The van der Waals surface area contributed by atoms with Crippen molar-refractivity contribution in [2.24, 2.45) is 0 Å². The first-order valence-electron chi connectivity index (χ1n) is 7.37. The molecule has 1 aromatic rings. The Bertz CT molecular complexity index is 503. The molecule has 2 aliphatic heterocycles. The number of ether oxygens (including phenoxy) is 1. The van der Waals surface area contributed by atoms with Crippen molar-refractivity contribution in [1.29, 1.82) is 0 Å². The lowest BCUT2D eigenvalue weighted by Gasteiger charge is -2.39. The Morgan fingerprint density at radius 1 is 1.30 bits per heavy atom. The van der Waals surface area contributed by atoms with Crippen molar-refractivity contribution in [3.05, 3.63) is 35.4 Å². The molecule has 2 unspecified atom stereocenters. The highest BCUT2D eigenvalue weighted by Gasteiger charge is 2.33. The van der Waals surface area contributed by atoms with Gasteiger partial charge in [-0.25, -0.2) is 0 Å². The van der Waals surface area contributed by atoms with Crippen molar-refractivity contribution < 1.29 is 9.53 Å². The number of morpholine rings is 1. The monoisotopic (exact) mass is 274 g/mol. The summed E-state index contributed by atoms with van der Waals surface area (Å²) >= 11 is 0. The summed E-state index contributed by atoms with van der Waals surface area (Å²) < 4.78 is 5.60. The lowest BCUT2D eigenvalue weighted by atomic mass is 9.94. The van der Waals surface area contributed by atoms with Gasteiger partial charge in [0.2, 0.25) is 5.91 Å². The second-order valence-corrected chi connectivity index (χ2v) is 5.89. The van der Waals surface area contributed by atoms with Crippen molar-refractivity contribution in [1.82, 2.24) is 10.2 Å². The van der Waals surface area contributed by atoms with E-state index in [-0.39, 0.29) is 24.1 Å². The lowest BCUT2D eigenvalue weighted by molar-refractivity contribution is -0.145. The van der Waals surface area contributed by atoms with E-state index in [0.29, 0.717) is 13.2 Å². The average molecular weight is 274 g/mol. The van der Waals surface area contributed by atoms with E-state index in [4.69, 9.17) is 4.74 Å². The summed E-state index contributed by atoms with van der Waals surface area (Å²) in [5.41, 5.74) is 2.60. The second kappa shape index (κ2) is 5.54. The number of nitrogens with zero attached hydrogens (tertiary/aromatic N) is 1. The van der Waals surface area contributed by atoms with Crippen molar-refractivity contribution in [2.75, 3.05) is 13.2 Å². The van der Waals surface area contributed by atoms with Crippen LogP contribution >= 0.6 is 0 Å². The molecule has 1 N–H and O–H groups in total. The molecule has 2 aliphatic rings. The van der Waals surface area contributed by atoms with Crippen LogP contribution in [0.3, 0.4) is 0 Å². The van der Waals surface area contributed by atoms with Crippen LogP contribution in [0.25, 0.3) is 0 Å². The number of benzene rings is 1. The van der Waals surface area contributed by atoms with Gasteiger partial charge in [0.1, 0.15) is 0 Å². The molecule has 4 nitrogen and oxygen atoms in total. The number of hydrogen-bond acceptors (Lipinski definition) is 3. The minimum absolute atomic E-state index is 0.0994. The molecule has 0 saturated carbocycles. The van der Waals surface area contributed by atoms with Gasteiger partial charge in [0.25, 0.3) is 0 Å². The SMILES string of the molecule is CC1CN(C(=O)[C@@H]2Cc3ccccc3CN2)C(C)CO1. The zero-order valence-electron chi connectivity index (χ0n) is 12.1. The van der Waals surface area contributed by atoms with Crippen LogP contribution in [0.1, 0.15) is 25.0 Å². The lowest BCUT2D eigenvalue weighted by Crippen LogP contribution is -2.57. The fourth-order valence-electron chi connectivity index (χ4n) is 3.04. The Morgan fingerprint density at radius 3 is 2.85 bits per heavy atom. The molecule has 4 heteroatoms. The molecule has 108 valence electrons. The van der Waals surface area contributed by atoms with E-state index in [9.17, 15) is 4.79 Å². The minimum atomic E-state index is -0.0994. The molecule has 1 amide bonds. The van der Waals surface area contributed by atoms with E-state index < -0.39 is 0 Å². The molecule has 20 heavy (non-hydrogen) atoms. The third-order valence-corrected chi connectivity index (χ3v) is 4.27. The summed E-state index contributed by atoms with van der Waals surface area (Å²) in [6.45, 7) is 6.19. The van der Waals surface area contributed by atoms with Crippen molar-refractivity contribution in [2.45, 2.75) is 45.0 Å². The molecule has 2 heterocycles. The normalized spacial score (nSPS) is 29.9. The van der Waals surface area contributed by atoms with Crippen LogP contribution in [0, 0.1) is 0 Å². The first-order valence-corrected chi connectivity index (χ1v) is 7.37. The van der Waals surface area contributed by atoms with Crippen molar-refractivity contribution >= 4 is 5.91 Å². The molecule has 1 fully saturated rings. The van der Waals surface area contributed by atoms with Gasteiger partial charge in [0.15, 0.2) is 0 Å². The third-order valence-electron chi connectivity index (χ3n) is 4.27. The van der Waals surface area contributed by atoms with Gasteiger partial charge in [-0.15, -0.1) is 0 Å². The molecule has 1 aromatic carbocycles. The second-order valence-electron chi connectivity index (χ2n) is 5.89. The van der Waals surface area contributed by atoms with Gasteiger partial charge < -0.3 is 15.0 Å². The van der Waals surface area contributed by atoms with Gasteiger partial charge in [0.05, 0.1) is 24.8 Å². The van der Waals surface area contributed by atoms with E-state index in [0.717, 1.165) is 13.0 Å². The van der Waals surface area contributed by atoms with Gasteiger partial charge in [0, 0.05) is 13.1 Å². The molecule has 0 aromatic heterocycles. The Morgan fingerprint density at radius 2 is 2.05 bits per heavy atom. The summed E-state index contributed by atoms with van der Waals surface area (Å²) in [7, 11) is 0. The number of fused-ring (bicyclic) bond motifs is 1. The zero-order chi connectivity index (χ0) is 14.1. The first kappa shape index (κ1) is 13.6. The smallest absolute Gasteiger partial charge is 0.240 e. The maximum Gasteiger partial charge on any atom is 0.240 e. The highest BCUT2D eigenvalue weighted by Crippen LogP contribution is 2.19. The van der Waals surface area contributed by atoms with Crippen molar-refractivity contribution in [3.63, 3.8) is 0 Å². The first-order chi connectivity index (χ1) is 9.65.